The molecule has 2 N–H and O–H groups in total. The fourth-order valence-electron chi connectivity index (χ4n) is 5.20. The lowest BCUT2D eigenvalue weighted by Gasteiger charge is -2.38. The van der Waals surface area contributed by atoms with Crippen molar-refractivity contribution >= 4 is 21.6 Å². The van der Waals surface area contributed by atoms with Crippen molar-refractivity contribution in [3.63, 3.8) is 0 Å². The van der Waals surface area contributed by atoms with Crippen LogP contribution in [0.5, 0.6) is 5.75 Å². The Morgan fingerprint density at radius 2 is 2.00 bits per heavy atom. The maximum absolute atomic E-state index is 13.1. The Balaban J connectivity index is 1.31. The lowest BCUT2D eigenvalue weighted by Crippen LogP contribution is -2.48. The summed E-state index contributed by atoms with van der Waals surface area (Å²) in [5.41, 5.74) is 3.81. The molecule has 0 unspecified atom stereocenters. The molecule has 1 fully saturated rings. The highest BCUT2D eigenvalue weighted by Crippen LogP contribution is 2.47. The van der Waals surface area contributed by atoms with Crippen molar-refractivity contribution in [1.29, 1.82) is 0 Å². The first kappa shape index (κ1) is 22.2. The van der Waals surface area contributed by atoms with Gasteiger partial charge in [0.25, 0.3) is 0 Å². The van der Waals surface area contributed by atoms with E-state index in [0.29, 0.717) is 30.9 Å². The maximum atomic E-state index is 13.1. The minimum atomic E-state index is -3.41. The van der Waals surface area contributed by atoms with E-state index in [2.05, 4.69) is 16.9 Å². The molecule has 3 aliphatic heterocycles. The molecule has 0 radical (unpaired) electrons. The number of fused-ring (bicyclic) bond motifs is 4. The smallest absolute Gasteiger partial charge is 0.229 e. The number of anilines is 1. The number of rotatable bonds is 5. The average molecular weight is 473 g/mol. The molecule has 1 saturated heterocycles. The molecule has 9 heteroatoms. The molecule has 4 atom stereocenters. The molecule has 2 aromatic rings. The number of carbonyl (C=O) groups is 1. The number of aliphatic hydroxyl groups excluding tert-OH is 1. The predicted molar refractivity (Wildman–Crippen MR) is 123 cm³/mol. The number of nitrogens with one attached hydrogen (secondary N) is 1. The summed E-state index contributed by atoms with van der Waals surface area (Å²) in [6, 6.07) is 13.4. The molecule has 2 aromatic carbocycles. The van der Waals surface area contributed by atoms with E-state index in [4.69, 9.17) is 9.47 Å². The van der Waals surface area contributed by atoms with Crippen LogP contribution in [0.25, 0.3) is 0 Å². The Labute approximate surface area is 193 Å². The summed E-state index contributed by atoms with van der Waals surface area (Å²) < 4.78 is 37.9. The standard InChI is InChI=1S/C24H28N2O6S/c1-33(29,30)25-17-6-7-21-19(10-17)20-11-18(31-22(14-27)24(20)32-21)12-23(28)26-9-8-15-4-2-3-5-16(15)13-26/h2-7,10,18,20,22,24-25,27H,8-9,11-14H2,1H3/t18-,20+,22+,24-/m0/s1. The topological polar surface area (TPSA) is 105 Å². The van der Waals surface area contributed by atoms with Crippen molar-refractivity contribution < 1.29 is 27.8 Å². The van der Waals surface area contributed by atoms with Crippen molar-refractivity contribution in [1.82, 2.24) is 4.90 Å². The summed E-state index contributed by atoms with van der Waals surface area (Å²) in [6.07, 6.45) is 1.47. The first-order chi connectivity index (χ1) is 15.8. The van der Waals surface area contributed by atoms with Gasteiger partial charge >= 0.3 is 0 Å². The fraction of sp³-hybridized carbons (Fsp3) is 0.458. The quantitative estimate of drug-likeness (QED) is 0.690. The Morgan fingerprint density at radius 1 is 1.21 bits per heavy atom. The third-order valence-corrected chi connectivity index (χ3v) is 7.29. The summed E-state index contributed by atoms with van der Waals surface area (Å²) >= 11 is 0. The zero-order valence-electron chi connectivity index (χ0n) is 18.4. The Bertz CT molecular complexity index is 1170. The summed E-state index contributed by atoms with van der Waals surface area (Å²) in [6.45, 7) is 1.07. The van der Waals surface area contributed by atoms with Crippen LogP contribution in [0.15, 0.2) is 42.5 Å². The molecule has 176 valence electrons. The Morgan fingerprint density at radius 3 is 2.76 bits per heavy atom. The molecule has 5 rings (SSSR count). The molecular weight excluding hydrogens is 444 g/mol. The number of hydrogen-bond acceptors (Lipinski definition) is 6. The van der Waals surface area contributed by atoms with Gasteiger partial charge in [0.15, 0.2) is 0 Å². The number of carbonyl (C=O) groups excluding carboxylic acids is 1. The van der Waals surface area contributed by atoms with Gasteiger partial charge in [-0.15, -0.1) is 0 Å². The highest BCUT2D eigenvalue weighted by Gasteiger charge is 2.46. The SMILES string of the molecule is CS(=O)(=O)Nc1ccc2c(c1)[C@H]1C[C@@H](CC(=O)N3CCc4ccccc4C3)O[C@H](CO)[C@H]1O2. The van der Waals surface area contributed by atoms with E-state index in [0.717, 1.165) is 18.2 Å². The first-order valence-corrected chi connectivity index (χ1v) is 13.1. The first-order valence-electron chi connectivity index (χ1n) is 11.2. The van der Waals surface area contributed by atoms with Crippen molar-refractivity contribution in [2.24, 2.45) is 0 Å². The van der Waals surface area contributed by atoms with Crippen LogP contribution in [0.4, 0.5) is 5.69 Å². The third kappa shape index (κ3) is 4.58. The molecule has 0 aliphatic carbocycles. The second-order valence-corrected chi connectivity index (χ2v) is 10.8. The summed E-state index contributed by atoms with van der Waals surface area (Å²) in [7, 11) is -3.41. The van der Waals surface area contributed by atoms with E-state index in [-0.39, 0.29) is 37.1 Å². The van der Waals surface area contributed by atoms with E-state index >= 15 is 0 Å². The van der Waals surface area contributed by atoms with Crippen molar-refractivity contribution in [2.75, 3.05) is 24.1 Å². The summed E-state index contributed by atoms with van der Waals surface area (Å²) in [4.78, 5) is 15.0. The highest BCUT2D eigenvalue weighted by molar-refractivity contribution is 7.92. The molecule has 0 aromatic heterocycles. The van der Waals surface area contributed by atoms with Crippen LogP contribution in [-0.4, -0.2) is 62.1 Å². The molecule has 0 saturated carbocycles. The number of amides is 1. The molecule has 8 nitrogen and oxygen atoms in total. The zero-order chi connectivity index (χ0) is 23.2. The Hall–Kier alpha value is -2.62. The van der Waals surface area contributed by atoms with Crippen molar-refractivity contribution in [3.05, 3.63) is 59.2 Å². The van der Waals surface area contributed by atoms with Gasteiger partial charge in [-0.3, -0.25) is 9.52 Å². The van der Waals surface area contributed by atoms with E-state index < -0.39 is 16.1 Å². The van der Waals surface area contributed by atoms with E-state index in [1.54, 1.807) is 18.2 Å². The van der Waals surface area contributed by atoms with Gasteiger partial charge < -0.3 is 19.5 Å². The van der Waals surface area contributed by atoms with Gasteiger partial charge in [-0.25, -0.2) is 8.42 Å². The largest absolute Gasteiger partial charge is 0.487 e. The predicted octanol–water partition coefficient (Wildman–Crippen LogP) is 2.03. The fourth-order valence-corrected chi connectivity index (χ4v) is 5.75. The minimum absolute atomic E-state index is 0.0382. The molecule has 1 amide bonds. The number of nitrogens with zero attached hydrogens (tertiary/aromatic N) is 1. The van der Waals surface area contributed by atoms with Gasteiger partial charge in [0.2, 0.25) is 15.9 Å². The van der Waals surface area contributed by atoms with Crippen LogP contribution in [-0.2, 0) is 32.5 Å². The van der Waals surface area contributed by atoms with Crippen LogP contribution in [0.3, 0.4) is 0 Å². The Kier molecular flexibility index (Phi) is 5.80. The van der Waals surface area contributed by atoms with Gasteiger partial charge in [0.05, 0.1) is 25.4 Å². The molecule has 3 aliphatic rings. The lowest BCUT2D eigenvalue weighted by molar-refractivity contribution is -0.149. The average Bonchev–Trinajstić information content (AvgIpc) is 3.15. The maximum Gasteiger partial charge on any atom is 0.229 e. The molecule has 0 spiro atoms. The van der Waals surface area contributed by atoms with E-state index in [9.17, 15) is 18.3 Å². The van der Waals surface area contributed by atoms with Crippen LogP contribution >= 0.6 is 0 Å². The normalized spacial score (nSPS) is 26.1. The van der Waals surface area contributed by atoms with Crippen molar-refractivity contribution in [2.45, 2.75) is 50.0 Å². The molecule has 0 bridgehead atoms. The number of aliphatic hydroxyl groups is 1. The zero-order valence-corrected chi connectivity index (χ0v) is 19.3. The third-order valence-electron chi connectivity index (χ3n) is 6.69. The molecular formula is C24H28N2O6S. The number of hydrogen-bond donors (Lipinski definition) is 2. The second kappa shape index (κ2) is 8.62. The minimum Gasteiger partial charge on any atom is -0.487 e. The summed E-state index contributed by atoms with van der Waals surface area (Å²) in [5.74, 6) is 0.606. The summed E-state index contributed by atoms with van der Waals surface area (Å²) in [5, 5.41) is 9.94. The van der Waals surface area contributed by atoms with Crippen LogP contribution < -0.4 is 9.46 Å². The van der Waals surface area contributed by atoms with Gasteiger partial charge in [-0.1, -0.05) is 24.3 Å². The number of benzene rings is 2. The van der Waals surface area contributed by atoms with Crippen LogP contribution in [0, 0.1) is 0 Å². The van der Waals surface area contributed by atoms with Crippen LogP contribution in [0.1, 0.15) is 35.4 Å². The number of sulfonamides is 1. The van der Waals surface area contributed by atoms with Gasteiger partial charge in [-0.05, 0) is 42.2 Å². The van der Waals surface area contributed by atoms with Crippen molar-refractivity contribution in [3.8, 4) is 5.75 Å². The second-order valence-electron chi connectivity index (χ2n) is 9.07. The van der Waals surface area contributed by atoms with Gasteiger partial charge in [0.1, 0.15) is 18.0 Å². The van der Waals surface area contributed by atoms with E-state index in [1.165, 1.54) is 11.1 Å². The molecule has 33 heavy (non-hydrogen) atoms. The highest BCUT2D eigenvalue weighted by atomic mass is 32.2. The molecule has 3 heterocycles. The van der Waals surface area contributed by atoms with Gasteiger partial charge in [0, 0.05) is 30.3 Å². The number of ether oxygens (including phenoxy) is 2. The monoisotopic (exact) mass is 472 g/mol. The van der Waals surface area contributed by atoms with Gasteiger partial charge in [-0.2, -0.15) is 0 Å². The van der Waals surface area contributed by atoms with Crippen LogP contribution in [0.2, 0.25) is 0 Å². The van der Waals surface area contributed by atoms with E-state index in [1.807, 2.05) is 17.0 Å². The lowest BCUT2D eigenvalue weighted by atomic mass is 9.84.